The number of nitrogens with one attached hydrogen (secondary N) is 2. The molecule has 0 aliphatic heterocycles. The molecule has 158 valence electrons. The van der Waals surface area contributed by atoms with Crippen LogP contribution < -0.4 is 15.4 Å². The van der Waals surface area contributed by atoms with E-state index in [-0.39, 0.29) is 18.0 Å². The lowest BCUT2D eigenvalue weighted by Crippen LogP contribution is -2.34. The zero-order valence-electron chi connectivity index (χ0n) is 16.7. The lowest BCUT2D eigenvalue weighted by Gasteiger charge is -2.16. The SMILES string of the molecule is CNCCCCN(C)CCCNC(=O)C(Cc1cc(Br)c(OC)c(Br)c1)=NO. The van der Waals surface area contributed by atoms with Gasteiger partial charge in [-0.25, -0.2) is 0 Å². The molecule has 0 heterocycles. The maximum Gasteiger partial charge on any atom is 0.269 e. The largest absolute Gasteiger partial charge is 0.494 e. The van der Waals surface area contributed by atoms with Crippen LogP contribution >= 0.6 is 31.9 Å². The molecule has 0 aromatic heterocycles. The van der Waals surface area contributed by atoms with Crippen molar-refractivity contribution < 1.29 is 14.7 Å². The van der Waals surface area contributed by atoms with Crippen molar-refractivity contribution in [3.8, 4) is 5.75 Å². The number of oxime groups is 1. The van der Waals surface area contributed by atoms with Gasteiger partial charge in [0.25, 0.3) is 5.91 Å². The normalized spacial score (nSPS) is 11.7. The molecule has 1 aromatic carbocycles. The van der Waals surface area contributed by atoms with Gasteiger partial charge in [0.1, 0.15) is 11.5 Å². The number of unbranched alkanes of at least 4 members (excludes halogenated alkanes) is 1. The van der Waals surface area contributed by atoms with E-state index in [0.717, 1.165) is 53.4 Å². The number of halogens is 2. The van der Waals surface area contributed by atoms with Gasteiger partial charge in [-0.2, -0.15) is 0 Å². The summed E-state index contributed by atoms with van der Waals surface area (Å²) in [4.78, 5) is 14.5. The Morgan fingerprint density at radius 2 is 1.82 bits per heavy atom. The molecule has 0 fully saturated rings. The van der Waals surface area contributed by atoms with Gasteiger partial charge in [-0.05, 0) is 103 Å². The number of rotatable bonds is 13. The predicted molar refractivity (Wildman–Crippen MR) is 120 cm³/mol. The topological polar surface area (TPSA) is 86.2 Å². The Kier molecular flexibility index (Phi) is 12.4. The number of hydrogen-bond donors (Lipinski definition) is 3. The average molecular weight is 522 g/mol. The van der Waals surface area contributed by atoms with Crippen LogP contribution in [-0.2, 0) is 11.2 Å². The van der Waals surface area contributed by atoms with Crippen molar-refractivity contribution in [3.05, 3.63) is 26.6 Å². The molecule has 0 saturated heterocycles. The second-order valence-corrected chi connectivity index (χ2v) is 8.25. The van der Waals surface area contributed by atoms with Crippen molar-refractivity contribution in [2.24, 2.45) is 5.16 Å². The molecule has 0 spiro atoms. The molecule has 1 aromatic rings. The van der Waals surface area contributed by atoms with Crippen molar-refractivity contribution in [2.75, 3.05) is 47.4 Å². The highest BCUT2D eigenvalue weighted by Gasteiger charge is 2.15. The Bertz CT molecular complexity index is 633. The summed E-state index contributed by atoms with van der Waals surface area (Å²) < 4.78 is 6.79. The van der Waals surface area contributed by atoms with Gasteiger partial charge in [-0.3, -0.25) is 4.79 Å². The number of benzene rings is 1. The van der Waals surface area contributed by atoms with E-state index in [1.54, 1.807) is 7.11 Å². The van der Waals surface area contributed by atoms with Crippen molar-refractivity contribution in [1.82, 2.24) is 15.5 Å². The Hall–Kier alpha value is -1.16. The Balaban J connectivity index is 2.42. The summed E-state index contributed by atoms with van der Waals surface area (Å²) in [6.07, 6.45) is 3.37. The number of ether oxygens (including phenoxy) is 1. The van der Waals surface area contributed by atoms with E-state index in [0.29, 0.717) is 12.3 Å². The number of carbonyl (C=O) groups is 1. The van der Waals surface area contributed by atoms with Crippen LogP contribution in [-0.4, -0.2) is 69.1 Å². The maximum atomic E-state index is 12.3. The first kappa shape index (κ1) is 24.9. The van der Waals surface area contributed by atoms with Crippen molar-refractivity contribution in [3.63, 3.8) is 0 Å². The summed E-state index contributed by atoms with van der Waals surface area (Å²) in [7, 11) is 5.63. The zero-order valence-corrected chi connectivity index (χ0v) is 19.9. The fourth-order valence-corrected chi connectivity index (χ4v) is 4.32. The summed E-state index contributed by atoms with van der Waals surface area (Å²) in [5.74, 6) is 0.313. The highest BCUT2D eigenvalue weighted by Crippen LogP contribution is 2.34. The molecular weight excluding hydrogens is 492 g/mol. The van der Waals surface area contributed by atoms with E-state index in [9.17, 15) is 10.0 Å². The Labute approximate surface area is 184 Å². The molecule has 7 nitrogen and oxygen atoms in total. The lowest BCUT2D eigenvalue weighted by molar-refractivity contribution is -0.115. The first-order chi connectivity index (χ1) is 13.4. The Morgan fingerprint density at radius 3 is 2.39 bits per heavy atom. The van der Waals surface area contributed by atoms with Crippen LogP contribution in [0, 0.1) is 0 Å². The fraction of sp³-hybridized carbons (Fsp3) is 0.579. The summed E-state index contributed by atoms with van der Waals surface area (Å²) in [5.41, 5.74) is 0.896. The molecule has 28 heavy (non-hydrogen) atoms. The average Bonchev–Trinajstić information content (AvgIpc) is 2.66. The van der Waals surface area contributed by atoms with Crippen molar-refractivity contribution in [1.29, 1.82) is 0 Å². The molecule has 1 rings (SSSR count). The van der Waals surface area contributed by atoms with Crippen molar-refractivity contribution in [2.45, 2.75) is 25.7 Å². The minimum absolute atomic E-state index is 0.0735. The first-order valence-electron chi connectivity index (χ1n) is 9.27. The summed E-state index contributed by atoms with van der Waals surface area (Å²) in [6, 6.07) is 3.68. The van der Waals surface area contributed by atoms with Crippen LogP contribution in [0.2, 0.25) is 0 Å². The maximum absolute atomic E-state index is 12.3. The molecule has 3 N–H and O–H groups in total. The van der Waals surface area contributed by atoms with Crippen LogP contribution in [0.15, 0.2) is 26.2 Å². The highest BCUT2D eigenvalue weighted by molar-refractivity contribution is 9.11. The smallest absolute Gasteiger partial charge is 0.269 e. The van der Waals surface area contributed by atoms with Crippen LogP contribution in [0.4, 0.5) is 0 Å². The third kappa shape index (κ3) is 8.89. The summed E-state index contributed by atoms with van der Waals surface area (Å²) in [5, 5.41) is 18.4. The molecular formula is C19H30Br2N4O3. The first-order valence-corrected chi connectivity index (χ1v) is 10.9. The van der Waals surface area contributed by atoms with Gasteiger partial charge < -0.3 is 25.5 Å². The summed E-state index contributed by atoms with van der Waals surface area (Å²) in [6.45, 7) is 3.52. The predicted octanol–water partition coefficient (Wildman–Crippen LogP) is 3.03. The van der Waals surface area contributed by atoms with Gasteiger partial charge in [0.05, 0.1) is 16.1 Å². The second-order valence-electron chi connectivity index (χ2n) is 6.54. The lowest BCUT2D eigenvalue weighted by atomic mass is 10.1. The minimum Gasteiger partial charge on any atom is -0.494 e. The summed E-state index contributed by atoms with van der Waals surface area (Å²) >= 11 is 6.86. The van der Waals surface area contributed by atoms with Crippen LogP contribution in [0.1, 0.15) is 24.8 Å². The van der Waals surface area contributed by atoms with E-state index in [1.807, 2.05) is 19.2 Å². The second kappa shape index (κ2) is 13.9. The molecule has 9 heteroatoms. The number of methoxy groups -OCH3 is 1. The van der Waals surface area contributed by atoms with Gasteiger partial charge in [0, 0.05) is 13.0 Å². The highest BCUT2D eigenvalue weighted by atomic mass is 79.9. The molecule has 0 aliphatic carbocycles. The van der Waals surface area contributed by atoms with Crippen LogP contribution in [0.5, 0.6) is 5.75 Å². The number of hydrogen-bond acceptors (Lipinski definition) is 6. The molecule has 0 saturated carbocycles. The molecule has 0 unspecified atom stereocenters. The van der Waals surface area contributed by atoms with E-state index in [1.165, 1.54) is 0 Å². The van der Waals surface area contributed by atoms with E-state index < -0.39 is 0 Å². The molecule has 0 aliphatic rings. The van der Waals surface area contributed by atoms with Gasteiger partial charge in [-0.15, -0.1) is 0 Å². The van der Waals surface area contributed by atoms with Crippen molar-refractivity contribution >= 4 is 43.5 Å². The molecule has 0 atom stereocenters. The van der Waals surface area contributed by atoms with Crippen LogP contribution in [0.3, 0.4) is 0 Å². The van der Waals surface area contributed by atoms with Gasteiger partial charge in [0.15, 0.2) is 0 Å². The van der Waals surface area contributed by atoms with Gasteiger partial charge in [0.2, 0.25) is 0 Å². The fourth-order valence-electron chi connectivity index (χ4n) is 2.71. The zero-order chi connectivity index (χ0) is 20.9. The third-order valence-electron chi connectivity index (χ3n) is 4.24. The monoisotopic (exact) mass is 520 g/mol. The standard InChI is InChI=1S/C19H30Br2N4O3/c1-22-7-4-5-9-25(2)10-6-8-23-19(26)17(24-27)13-14-11-15(20)18(28-3)16(21)12-14/h11-12,22,27H,4-10,13H2,1-3H3,(H,23,26). The third-order valence-corrected chi connectivity index (χ3v) is 5.41. The number of amides is 1. The molecule has 1 amide bonds. The van der Waals surface area contributed by atoms with Crippen LogP contribution in [0.25, 0.3) is 0 Å². The van der Waals surface area contributed by atoms with Gasteiger partial charge in [-0.1, -0.05) is 5.16 Å². The Morgan fingerprint density at radius 1 is 1.18 bits per heavy atom. The number of carbonyl (C=O) groups excluding carboxylic acids is 1. The van der Waals surface area contributed by atoms with Gasteiger partial charge >= 0.3 is 0 Å². The van der Waals surface area contributed by atoms with E-state index >= 15 is 0 Å². The molecule has 0 radical (unpaired) electrons. The van der Waals surface area contributed by atoms with E-state index in [2.05, 4.69) is 59.6 Å². The van der Waals surface area contributed by atoms with E-state index in [4.69, 9.17) is 4.74 Å². The number of nitrogens with zero attached hydrogens (tertiary/aromatic N) is 2. The quantitative estimate of drug-likeness (QED) is 0.161. The minimum atomic E-state index is -0.359. The molecule has 0 bridgehead atoms.